The molecule has 2 fully saturated rings. The van der Waals surface area contributed by atoms with E-state index in [4.69, 9.17) is 9.47 Å². The third-order valence-corrected chi connectivity index (χ3v) is 5.00. The van der Waals surface area contributed by atoms with Gasteiger partial charge in [0, 0.05) is 31.4 Å². The number of carbonyl (C=O) groups is 2. The van der Waals surface area contributed by atoms with Crippen LogP contribution in [-0.4, -0.2) is 71.4 Å². The molecular weight excluding hydrogens is 316 g/mol. The molecule has 2 aliphatic rings. The number of amides is 2. The molecule has 0 bridgehead atoms. The molecule has 132 valence electrons. The van der Waals surface area contributed by atoms with Crippen molar-refractivity contribution in [2.24, 2.45) is 5.92 Å². The Balaban J connectivity index is 1.99. The van der Waals surface area contributed by atoms with Crippen molar-refractivity contribution in [2.45, 2.75) is 45.8 Å². The smallest absolute Gasteiger partial charge is 0.411 e. The predicted octanol–water partition coefficient (Wildman–Crippen LogP) is 2.18. The number of ether oxygens (including phenoxy) is 2. The zero-order chi connectivity index (χ0) is 17.0. The van der Waals surface area contributed by atoms with Gasteiger partial charge in [0.2, 0.25) is 5.91 Å². The summed E-state index contributed by atoms with van der Waals surface area (Å²) in [5.41, 5.74) is -0.552. The summed E-state index contributed by atoms with van der Waals surface area (Å²) >= 11 is 1.60. The minimum atomic E-state index is -0.552. The Kier molecular flexibility index (Phi) is 6.19. The first kappa shape index (κ1) is 18.4. The quantitative estimate of drug-likeness (QED) is 0.782. The maximum atomic E-state index is 12.9. The first-order valence-electron chi connectivity index (χ1n) is 8.25. The lowest BCUT2D eigenvalue weighted by molar-refractivity contribution is -0.136. The monoisotopic (exact) mass is 344 g/mol. The maximum absolute atomic E-state index is 12.9. The van der Waals surface area contributed by atoms with E-state index < -0.39 is 17.7 Å². The molecule has 2 saturated heterocycles. The fourth-order valence-electron chi connectivity index (χ4n) is 2.77. The van der Waals surface area contributed by atoms with Gasteiger partial charge in [-0.25, -0.2) is 4.79 Å². The van der Waals surface area contributed by atoms with Gasteiger partial charge in [-0.3, -0.25) is 9.69 Å². The van der Waals surface area contributed by atoms with Crippen molar-refractivity contribution in [1.82, 2.24) is 9.80 Å². The Morgan fingerprint density at radius 3 is 2.70 bits per heavy atom. The molecule has 7 heteroatoms. The van der Waals surface area contributed by atoms with Gasteiger partial charge in [0.1, 0.15) is 11.6 Å². The normalized spacial score (nSPS) is 24.8. The molecule has 23 heavy (non-hydrogen) atoms. The zero-order valence-corrected chi connectivity index (χ0v) is 15.4. The average Bonchev–Trinajstić information content (AvgIpc) is 3.13. The highest BCUT2D eigenvalue weighted by atomic mass is 32.2. The fraction of sp³-hybridized carbons (Fsp3) is 0.875. The van der Waals surface area contributed by atoms with Gasteiger partial charge < -0.3 is 14.4 Å². The van der Waals surface area contributed by atoms with E-state index in [1.807, 2.05) is 32.6 Å². The molecular formula is C16H28N2O4S. The lowest BCUT2D eigenvalue weighted by Gasteiger charge is -2.31. The molecule has 0 spiro atoms. The number of nitrogens with zero attached hydrogens (tertiary/aromatic N) is 2. The van der Waals surface area contributed by atoms with E-state index >= 15 is 0 Å². The molecule has 2 rings (SSSR count). The van der Waals surface area contributed by atoms with Crippen LogP contribution in [0.2, 0.25) is 0 Å². The highest BCUT2D eigenvalue weighted by Crippen LogP contribution is 2.25. The number of likely N-dealkylation sites (N-methyl/N-ethyl adjacent to an activating group) is 1. The van der Waals surface area contributed by atoms with Crippen LogP contribution in [0.5, 0.6) is 0 Å². The summed E-state index contributed by atoms with van der Waals surface area (Å²) in [4.78, 5) is 28.6. The van der Waals surface area contributed by atoms with Crippen LogP contribution in [0, 0.1) is 5.92 Å². The third kappa shape index (κ3) is 5.01. The van der Waals surface area contributed by atoms with E-state index in [-0.39, 0.29) is 5.91 Å². The first-order chi connectivity index (χ1) is 10.8. The fourth-order valence-corrected chi connectivity index (χ4v) is 3.91. The number of rotatable bonds is 4. The molecule has 2 heterocycles. The van der Waals surface area contributed by atoms with Gasteiger partial charge in [-0.1, -0.05) is 0 Å². The Hall–Kier alpha value is -0.950. The highest BCUT2D eigenvalue weighted by Gasteiger charge is 2.39. The summed E-state index contributed by atoms with van der Waals surface area (Å²) in [6.45, 7) is 10.3. The summed E-state index contributed by atoms with van der Waals surface area (Å²) in [7, 11) is 0. The van der Waals surface area contributed by atoms with Crippen molar-refractivity contribution in [3.63, 3.8) is 0 Å². The molecule has 1 unspecified atom stereocenters. The van der Waals surface area contributed by atoms with Gasteiger partial charge in [0.25, 0.3) is 0 Å². The summed E-state index contributed by atoms with van der Waals surface area (Å²) in [6, 6.07) is -0.419. The van der Waals surface area contributed by atoms with Gasteiger partial charge >= 0.3 is 6.09 Å². The summed E-state index contributed by atoms with van der Waals surface area (Å²) in [5, 5.41) is 0. The van der Waals surface area contributed by atoms with Gasteiger partial charge in [-0.2, -0.15) is 0 Å². The number of hydrogen-bond acceptors (Lipinski definition) is 5. The predicted molar refractivity (Wildman–Crippen MR) is 90.4 cm³/mol. The van der Waals surface area contributed by atoms with E-state index in [2.05, 4.69) is 0 Å². The lowest BCUT2D eigenvalue weighted by atomic mass is 10.1. The largest absolute Gasteiger partial charge is 0.444 e. The number of thioether (sulfide) groups is 1. The minimum Gasteiger partial charge on any atom is -0.444 e. The topological polar surface area (TPSA) is 59.1 Å². The SMILES string of the molecule is CCN(CC1CCOC1)C(=O)[C@H]1CSCN1C(=O)OC(C)(C)C. The van der Waals surface area contributed by atoms with Crippen molar-refractivity contribution in [1.29, 1.82) is 0 Å². The second-order valence-electron chi connectivity index (χ2n) is 7.07. The summed E-state index contributed by atoms with van der Waals surface area (Å²) in [5.74, 6) is 1.57. The molecule has 0 N–H and O–H groups in total. The summed E-state index contributed by atoms with van der Waals surface area (Å²) in [6.07, 6.45) is 0.597. The summed E-state index contributed by atoms with van der Waals surface area (Å²) < 4.78 is 10.8. The van der Waals surface area contributed by atoms with Crippen LogP contribution in [0.3, 0.4) is 0 Å². The second kappa shape index (κ2) is 7.75. The molecule has 0 aromatic carbocycles. The van der Waals surface area contributed by atoms with E-state index in [0.717, 1.165) is 19.6 Å². The van der Waals surface area contributed by atoms with Crippen LogP contribution in [0.25, 0.3) is 0 Å². The number of hydrogen-bond donors (Lipinski definition) is 0. The van der Waals surface area contributed by atoms with Crippen molar-refractivity contribution >= 4 is 23.8 Å². The van der Waals surface area contributed by atoms with E-state index in [1.54, 1.807) is 16.7 Å². The Morgan fingerprint density at radius 2 is 2.13 bits per heavy atom. The molecule has 2 atom stereocenters. The molecule has 2 aliphatic heterocycles. The minimum absolute atomic E-state index is 0.0234. The van der Waals surface area contributed by atoms with E-state index in [0.29, 0.717) is 30.6 Å². The standard InChI is InChI=1S/C16H28N2O4S/c1-5-17(8-12-6-7-21-9-12)14(19)13-10-23-11-18(13)15(20)22-16(2,3)4/h12-13H,5-11H2,1-4H3/t12?,13-/m1/s1. The Bertz CT molecular complexity index is 432. The average molecular weight is 344 g/mol. The molecule has 0 saturated carbocycles. The van der Waals surface area contributed by atoms with Crippen LogP contribution < -0.4 is 0 Å². The second-order valence-corrected chi connectivity index (χ2v) is 8.07. The molecule has 2 amide bonds. The third-order valence-electron chi connectivity index (χ3n) is 3.99. The van der Waals surface area contributed by atoms with Gasteiger partial charge in [-0.05, 0) is 34.1 Å². The molecule has 0 radical (unpaired) electrons. The Morgan fingerprint density at radius 1 is 1.39 bits per heavy atom. The highest BCUT2D eigenvalue weighted by molar-refractivity contribution is 7.99. The van der Waals surface area contributed by atoms with Crippen LogP contribution >= 0.6 is 11.8 Å². The van der Waals surface area contributed by atoms with Crippen molar-refractivity contribution in [2.75, 3.05) is 37.9 Å². The molecule has 0 aromatic rings. The van der Waals surface area contributed by atoms with Crippen LogP contribution in [0.4, 0.5) is 4.79 Å². The molecule has 0 aromatic heterocycles. The first-order valence-corrected chi connectivity index (χ1v) is 9.41. The van der Waals surface area contributed by atoms with Crippen LogP contribution in [0.15, 0.2) is 0 Å². The van der Waals surface area contributed by atoms with Crippen molar-refractivity contribution < 1.29 is 19.1 Å². The maximum Gasteiger partial charge on any atom is 0.411 e. The van der Waals surface area contributed by atoms with Gasteiger partial charge in [-0.15, -0.1) is 11.8 Å². The van der Waals surface area contributed by atoms with Crippen LogP contribution in [-0.2, 0) is 14.3 Å². The van der Waals surface area contributed by atoms with Gasteiger partial charge in [0.05, 0.1) is 12.5 Å². The Labute approximate surface area is 142 Å². The van der Waals surface area contributed by atoms with E-state index in [1.165, 1.54) is 0 Å². The lowest BCUT2D eigenvalue weighted by Crippen LogP contribution is -2.51. The molecule has 6 nitrogen and oxygen atoms in total. The van der Waals surface area contributed by atoms with Crippen molar-refractivity contribution in [3.05, 3.63) is 0 Å². The molecule has 0 aliphatic carbocycles. The van der Waals surface area contributed by atoms with Gasteiger partial charge in [0.15, 0.2) is 0 Å². The number of carbonyl (C=O) groups excluding carboxylic acids is 2. The van der Waals surface area contributed by atoms with E-state index in [9.17, 15) is 9.59 Å². The van der Waals surface area contributed by atoms with Crippen molar-refractivity contribution in [3.8, 4) is 0 Å². The van der Waals surface area contributed by atoms with Crippen LogP contribution in [0.1, 0.15) is 34.1 Å². The zero-order valence-electron chi connectivity index (χ0n) is 14.5.